The third kappa shape index (κ3) is 4.13. The van der Waals surface area contributed by atoms with E-state index in [1.807, 2.05) is 6.92 Å². The van der Waals surface area contributed by atoms with Gasteiger partial charge < -0.3 is 13.9 Å². The molecule has 0 spiro atoms. The lowest BCUT2D eigenvalue weighted by Crippen LogP contribution is -2.33. The molecule has 0 aliphatic carbocycles. The summed E-state index contributed by atoms with van der Waals surface area (Å²) in [7, 11) is -4.14. The van der Waals surface area contributed by atoms with E-state index in [2.05, 4.69) is 14.9 Å². The molecule has 0 saturated heterocycles. The molecule has 170 valence electrons. The van der Waals surface area contributed by atoms with E-state index in [0.717, 1.165) is 5.56 Å². The minimum atomic E-state index is -4.14. The smallest absolute Gasteiger partial charge is 0.434 e. The highest BCUT2D eigenvalue weighted by atomic mass is 32.2. The first-order valence-electron chi connectivity index (χ1n) is 9.90. The SMILES string of the molecule is Cc1ccc(F)c(C(C)C(NS(=O)(=O)c2ccc3c(c2)OCCO3)c2n[nH]c(=O)o2)c1C. The van der Waals surface area contributed by atoms with Gasteiger partial charge in [-0.3, -0.25) is 0 Å². The first-order valence-corrected chi connectivity index (χ1v) is 11.4. The van der Waals surface area contributed by atoms with E-state index >= 15 is 0 Å². The molecule has 0 bridgehead atoms. The van der Waals surface area contributed by atoms with Crippen molar-refractivity contribution in [2.24, 2.45) is 0 Å². The highest BCUT2D eigenvalue weighted by molar-refractivity contribution is 7.89. The van der Waals surface area contributed by atoms with Crippen molar-refractivity contribution >= 4 is 10.0 Å². The second-order valence-corrected chi connectivity index (χ2v) is 9.26. The van der Waals surface area contributed by atoms with Gasteiger partial charge in [-0.25, -0.2) is 22.7 Å². The van der Waals surface area contributed by atoms with E-state index in [1.165, 1.54) is 24.3 Å². The maximum absolute atomic E-state index is 14.8. The van der Waals surface area contributed by atoms with Crippen LogP contribution in [-0.2, 0) is 10.0 Å². The van der Waals surface area contributed by atoms with Crippen LogP contribution in [0, 0.1) is 19.7 Å². The van der Waals surface area contributed by atoms with Gasteiger partial charge in [0.1, 0.15) is 25.1 Å². The second kappa shape index (κ2) is 8.40. The van der Waals surface area contributed by atoms with E-state index in [9.17, 15) is 17.6 Å². The zero-order valence-corrected chi connectivity index (χ0v) is 18.5. The summed E-state index contributed by atoms with van der Waals surface area (Å²) in [6.07, 6.45) is 0. The van der Waals surface area contributed by atoms with Crippen molar-refractivity contribution in [2.75, 3.05) is 13.2 Å². The second-order valence-electron chi connectivity index (χ2n) is 7.55. The summed E-state index contributed by atoms with van der Waals surface area (Å²) in [5, 5.41) is 5.92. The maximum Gasteiger partial charge on any atom is 0.434 e. The van der Waals surface area contributed by atoms with Crippen molar-refractivity contribution in [3.63, 3.8) is 0 Å². The number of hydrogen-bond acceptors (Lipinski definition) is 7. The van der Waals surface area contributed by atoms with Crippen LogP contribution in [0.3, 0.4) is 0 Å². The fourth-order valence-corrected chi connectivity index (χ4v) is 4.98. The van der Waals surface area contributed by atoms with Gasteiger partial charge in [-0.15, -0.1) is 5.10 Å². The summed E-state index contributed by atoms with van der Waals surface area (Å²) in [5.74, 6) is -1.57. The van der Waals surface area contributed by atoms with E-state index in [0.29, 0.717) is 35.8 Å². The molecule has 11 heteroatoms. The molecule has 0 radical (unpaired) electrons. The fourth-order valence-electron chi connectivity index (χ4n) is 3.70. The Hall–Kier alpha value is -3.18. The molecule has 32 heavy (non-hydrogen) atoms. The Morgan fingerprint density at radius 3 is 2.53 bits per heavy atom. The molecule has 2 atom stereocenters. The number of nitrogens with one attached hydrogen (secondary N) is 2. The Labute approximate surface area is 183 Å². The van der Waals surface area contributed by atoms with Crippen molar-refractivity contribution in [3.8, 4) is 11.5 Å². The van der Waals surface area contributed by atoms with E-state index in [4.69, 9.17) is 13.9 Å². The number of nitrogens with zero attached hydrogens (tertiary/aromatic N) is 1. The van der Waals surface area contributed by atoms with Crippen molar-refractivity contribution in [1.29, 1.82) is 0 Å². The Balaban J connectivity index is 1.75. The van der Waals surface area contributed by atoms with Crippen LogP contribution in [0.25, 0.3) is 0 Å². The van der Waals surface area contributed by atoms with E-state index < -0.39 is 33.6 Å². The number of hydrogen-bond donors (Lipinski definition) is 2. The molecule has 1 aliphatic heterocycles. The largest absolute Gasteiger partial charge is 0.486 e. The number of aryl methyl sites for hydroxylation is 1. The lowest BCUT2D eigenvalue weighted by Gasteiger charge is -2.25. The van der Waals surface area contributed by atoms with Gasteiger partial charge >= 0.3 is 5.76 Å². The topological polar surface area (TPSA) is 124 Å². The zero-order chi connectivity index (χ0) is 23.0. The molecule has 2 aromatic carbocycles. The Kier molecular flexibility index (Phi) is 5.78. The first kappa shape index (κ1) is 22.0. The van der Waals surface area contributed by atoms with Gasteiger partial charge in [0.2, 0.25) is 15.9 Å². The fraction of sp³-hybridized carbons (Fsp3) is 0.333. The normalized spacial score (nSPS) is 15.4. The molecule has 2 unspecified atom stereocenters. The van der Waals surface area contributed by atoms with Crippen LogP contribution < -0.4 is 20.0 Å². The summed E-state index contributed by atoms with van der Waals surface area (Å²) in [6, 6.07) is 6.02. The molecule has 1 aliphatic rings. The lowest BCUT2D eigenvalue weighted by atomic mass is 9.88. The number of ether oxygens (including phenoxy) is 2. The summed E-state index contributed by atoms with van der Waals surface area (Å²) in [6.45, 7) is 5.88. The van der Waals surface area contributed by atoms with Crippen LogP contribution in [0.15, 0.2) is 44.4 Å². The highest BCUT2D eigenvalue weighted by Gasteiger charge is 2.34. The number of fused-ring (bicyclic) bond motifs is 1. The van der Waals surface area contributed by atoms with E-state index in [-0.39, 0.29) is 10.8 Å². The van der Waals surface area contributed by atoms with Gasteiger partial charge in [-0.2, -0.15) is 4.72 Å². The average molecular weight is 463 g/mol. The number of sulfonamides is 1. The summed E-state index contributed by atoms with van der Waals surface area (Å²) >= 11 is 0. The minimum absolute atomic E-state index is 0.0849. The van der Waals surface area contributed by atoms with Gasteiger partial charge in [0.15, 0.2) is 11.5 Å². The zero-order valence-electron chi connectivity index (χ0n) is 17.6. The number of benzene rings is 2. The third-order valence-corrected chi connectivity index (χ3v) is 6.95. The highest BCUT2D eigenvalue weighted by Crippen LogP contribution is 2.36. The monoisotopic (exact) mass is 463 g/mol. The molecule has 0 saturated carbocycles. The number of H-pyrrole nitrogens is 1. The molecule has 0 fully saturated rings. The molecule has 0 amide bonds. The molecule has 2 N–H and O–H groups in total. The summed E-state index contributed by atoms with van der Waals surface area (Å²) in [4.78, 5) is 11.5. The maximum atomic E-state index is 14.8. The first-order chi connectivity index (χ1) is 15.2. The summed E-state index contributed by atoms with van der Waals surface area (Å²) in [5.41, 5.74) is 1.80. The summed E-state index contributed by atoms with van der Waals surface area (Å²) < 4.78 is 59.7. The van der Waals surface area contributed by atoms with Gasteiger partial charge in [0.25, 0.3) is 0 Å². The quantitative estimate of drug-likeness (QED) is 0.576. The third-order valence-electron chi connectivity index (χ3n) is 5.51. The standard InChI is InChI=1S/C21H22FN3O6S/c1-11-4-6-15(22)18(12(11)2)13(3)19(20-23-24-21(26)31-20)25-32(27,28)14-5-7-16-17(10-14)30-9-8-29-16/h4-7,10,13,19,25H,8-9H2,1-3H3,(H,24,26). The Bertz CT molecular complexity index is 1320. The molecular formula is C21H22FN3O6S. The number of rotatable bonds is 6. The average Bonchev–Trinajstić information content (AvgIpc) is 3.20. The van der Waals surface area contributed by atoms with E-state index in [1.54, 1.807) is 19.9 Å². The van der Waals surface area contributed by atoms with Gasteiger partial charge in [-0.05, 0) is 48.7 Å². The Morgan fingerprint density at radius 2 is 1.84 bits per heavy atom. The van der Waals surface area contributed by atoms with Gasteiger partial charge in [0.05, 0.1) is 4.90 Å². The number of aromatic amines is 1. The molecule has 9 nitrogen and oxygen atoms in total. The predicted octanol–water partition coefficient (Wildman–Crippen LogP) is 2.71. The van der Waals surface area contributed by atoms with Crippen molar-refractivity contribution < 1.29 is 26.7 Å². The van der Waals surface area contributed by atoms with Gasteiger partial charge in [0, 0.05) is 12.0 Å². The van der Waals surface area contributed by atoms with Crippen LogP contribution in [-0.4, -0.2) is 31.8 Å². The van der Waals surface area contributed by atoms with Crippen LogP contribution in [0.2, 0.25) is 0 Å². The van der Waals surface area contributed by atoms with Crippen molar-refractivity contribution in [2.45, 2.75) is 37.6 Å². The Morgan fingerprint density at radius 1 is 1.12 bits per heavy atom. The lowest BCUT2D eigenvalue weighted by molar-refractivity contribution is 0.171. The molecular weight excluding hydrogens is 441 g/mol. The number of aromatic nitrogens is 2. The van der Waals surface area contributed by atoms with Crippen molar-refractivity contribution in [3.05, 3.63) is 69.3 Å². The molecule has 2 heterocycles. The molecule has 3 aromatic rings. The number of halogens is 1. The predicted molar refractivity (Wildman–Crippen MR) is 112 cm³/mol. The molecule has 1 aromatic heterocycles. The van der Waals surface area contributed by atoms with Crippen LogP contribution in [0.1, 0.15) is 41.5 Å². The van der Waals surface area contributed by atoms with Crippen molar-refractivity contribution in [1.82, 2.24) is 14.9 Å². The van der Waals surface area contributed by atoms with Crippen LogP contribution in [0.4, 0.5) is 4.39 Å². The van der Waals surface area contributed by atoms with Gasteiger partial charge in [-0.1, -0.05) is 13.0 Å². The molecule has 4 rings (SSSR count). The van der Waals surface area contributed by atoms with Crippen LogP contribution in [0.5, 0.6) is 11.5 Å². The minimum Gasteiger partial charge on any atom is -0.486 e. The van der Waals surface area contributed by atoms with Crippen LogP contribution >= 0.6 is 0 Å².